The first kappa shape index (κ1) is 19.3. The average Bonchev–Trinajstić information content (AvgIpc) is 2.84. The van der Waals surface area contributed by atoms with Crippen molar-refractivity contribution < 1.29 is 14.3 Å². The molecule has 1 heterocycles. The molecule has 0 saturated heterocycles. The molecule has 0 aliphatic rings. The van der Waals surface area contributed by atoms with Gasteiger partial charge in [-0.1, -0.05) is 23.2 Å². The number of hydrogen-bond donors (Lipinski definition) is 1. The van der Waals surface area contributed by atoms with E-state index in [0.29, 0.717) is 10.6 Å². The van der Waals surface area contributed by atoms with Crippen LogP contribution < -0.4 is 5.32 Å². The highest BCUT2D eigenvalue weighted by molar-refractivity contribution is 7.18. The number of amides is 1. The van der Waals surface area contributed by atoms with Crippen molar-refractivity contribution >= 4 is 51.4 Å². The molecular formula is C17H14Cl2N2O3S. The molecule has 0 fully saturated rings. The van der Waals surface area contributed by atoms with Gasteiger partial charge in [-0.3, -0.25) is 4.79 Å². The van der Waals surface area contributed by atoms with E-state index in [1.54, 1.807) is 26.8 Å². The van der Waals surface area contributed by atoms with Crippen LogP contribution in [0.3, 0.4) is 0 Å². The summed E-state index contributed by atoms with van der Waals surface area (Å²) in [5.41, 5.74) is 0.855. The summed E-state index contributed by atoms with van der Waals surface area (Å²) in [4.78, 5) is 24.9. The molecule has 0 bridgehead atoms. The minimum atomic E-state index is -0.532. The van der Waals surface area contributed by atoms with Crippen molar-refractivity contribution in [2.45, 2.75) is 26.9 Å². The van der Waals surface area contributed by atoms with Gasteiger partial charge in [-0.25, -0.2) is 4.79 Å². The van der Waals surface area contributed by atoms with E-state index < -0.39 is 11.9 Å². The Bertz CT molecular complexity index is 885. The van der Waals surface area contributed by atoms with Crippen molar-refractivity contribution in [1.29, 1.82) is 5.26 Å². The number of halogens is 2. The predicted molar refractivity (Wildman–Crippen MR) is 98.7 cm³/mol. The molecule has 0 unspecified atom stereocenters. The Balaban J connectivity index is 2.36. The maximum Gasteiger partial charge on any atom is 0.348 e. The molecular weight excluding hydrogens is 383 g/mol. The summed E-state index contributed by atoms with van der Waals surface area (Å²) in [5.74, 6) is -1.05. The van der Waals surface area contributed by atoms with Gasteiger partial charge in [-0.05, 0) is 44.5 Å². The zero-order valence-corrected chi connectivity index (χ0v) is 16.0. The fraction of sp³-hybridized carbons (Fsp3) is 0.235. The van der Waals surface area contributed by atoms with Gasteiger partial charge in [0.25, 0.3) is 5.91 Å². The zero-order valence-electron chi connectivity index (χ0n) is 13.6. The smallest absolute Gasteiger partial charge is 0.348 e. The van der Waals surface area contributed by atoms with Gasteiger partial charge in [-0.15, -0.1) is 11.3 Å². The van der Waals surface area contributed by atoms with Crippen molar-refractivity contribution in [1.82, 2.24) is 0 Å². The third-order valence-electron chi connectivity index (χ3n) is 3.19. The molecule has 0 saturated carbocycles. The van der Waals surface area contributed by atoms with Gasteiger partial charge in [0.15, 0.2) is 0 Å². The Labute approximate surface area is 159 Å². The number of hydrogen-bond acceptors (Lipinski definition) is 5. The van der Waals surface area contributed by atoms with Crippen molar-refractivity contribution in [2.24, 2.45) is 0 Å². The first-order valence-electron chi connectivity index (χ1n) is 7.25. The molecule has 0 atom stereocenters. The quantitative estimate of drug-likeness (QED) is 0.732. The van der Waals surface area contributed by atoms with Crippen LogP contribution in [0.25, 0.3) is 0 Å². The first-order valence-corrected chi connectivity index (χ1v) is 8.82. The largest absolute Gasteiger partial charge is 0.459 e. The highest BCUT2D eigenvalue weighted by Crippen LogP contribution is 2.34. The summed E-state index contributed by atoms with van der Waals surface area (Å²) >= 11 is 12.9. The molecule has 0 spiro atoms. The molecule has 1 aromatic heterocycles. The minimum Gasteiger partial charge on any atom is -0.459 e. The minimum absolute atomic E-state index is 0.176. The second-order valence-corrected chi connectivity index (χ2v) is 7.27. The van der Waals surface area contributed by atoms with E-state index in [0.717, 1.165) is 11.3 Å². The molecule has 1 amide bonds. The van der Waals surface area contributed by atoms with Gasteiger partial charge in [0.05, 0.1) is 22.3 Å². The second kappa shape index (κ2) is 7.87. The van der Waals surface area contributed by atoms with Gasteiger partial charge >= 0.3 is 5.97 Å². The lowest BCUT2D eigenvalue weighted by molar-refractivity contribution is 0.0383. The van der Waals surface area contributed by atoms with Crippen LogP contribution in [-0.4, -0.2) is 18.0 Å². The van der Waals surface area contributed by atoms with E-state index >= 15 is 0 Å². The van der Waals surface area contributed by atoms with Crippen molar-refractivity contribution in [3.63, 3.8) is 0 Å². The molecule has 2 rings (SSSR count). The van der Waals surface area contributed by atoms with Gasteiger partial charge in [0.2, 0.25) is 0 Å². The Hall–Kier alpha value is -2.07. The molecule has 8 heteroatoms. The van der Waals surface area contributed by atoms with Crippen LogP contribution in [0.15, 0.2) is 18.2 Å². The van der Waals surface area contributed by atoms with Crippen molar-refractivity contribution in [2.75, 3.05) is 5.32 Å². The number of carbonyl (C=O) groups is 2. The maximum absolute atomic E-state index is 12.5. The number of nitrogens with zero attached hydrogens (tertiary/aromatic N) is 1. The number of nitrogens with one attached hydrogen (secondary N) is 1. The van der Waals surface area contributed by atoms with Gasteiger partial charge < -0.3 is 10.1 Å². The predicted octanol–water partition coefficient (Wildman–Crippen LogP) is 5.05. The van der Waals surface area contributed by atoms with Crippen LogP contribution in [0.2, 0.25) is 10.0 Å². The van der Waals surface area contributed by atoms with Crippen LogP contribution in [0.5, 0.6) is 0 Å². The number of anilines is 1. The average molecular weight is 397 g/mol. The van der Waals surface area contributed by atoms with E-state index in [2.05, 4.69) is 5.32 Å². The van der Waals surface area contributed by atoms with E-state index in [1.165, 1.54) is 12.1 Å². The number of carbonyl (C=O) groups excluding carboxylic acids is 2. The van der Waals surface area contributed by atoms with E-state index in [9.17, 15) is 14.9 Å². The van der Waals surface area contributed by atoms with Gasteiger partial charge in [0.1, 0.15) is 15.9 Å². The Morgan fingerprint density at radius 2 is 2.00 bits per heavy atom. The van der Waals surface area contributed by atoms with E-state index in [-0.39, 0.29) is 32.1 Å². The Morgan fingerprint density at radius 1 is 1.32 bits per heavy atom. The lowest BCUT2D eigenvalue weighted by Gasteiger charge is -2.06. The third kappa shape index (κ3) is 4.31. The molecule has 5 nitrogen and oxygen atoms in total. The summed E-state index contributed by atoms with van der Waals surface area (Å²) in [6.45, 7) is 5.10. The number of esters is 1. The highest BCUT2D eigenvalue weighted by atomic mass is 35.5. The molecule has 0 radical (unpaired) electrons. The van der Waals surface area contributed by atoms with Crippen molar-refractivity contribution in [3.8, 4) is 6.07 Å². The fourth-order valence-electron chi connectivity index (χ4n) is 2.04. The molecule has 25 heavy (non-hydrogen) atoms. The van der Waals surface area contributed by atoms with Gasteiger partial charge in [0, 0.05) is 5.02 Å². The lowest BCUT2D eigenvalue weighted by Crippen LogP contribution is -2.12. The summed E-state index contributed by atoms with van der Waals surface area (Å²) in [6.07, 6.45) is -0.289. The monoisotopic (exact) mass is 396 g/mol. The van der Waals surface area contributed by atoms with Crippen LogP contribution >= 0.6 is 34.5 Å². The van der Waals surface area contributed by atoms with Crippen LogP contribution in [0, 0.1) is 18.3 Å². The molecule has 2 aromatic rings. The van der Waals surface area contributed by atoms with Crippen LogP contribution in [-0.2, 0) is 4.74 Å². The molecule has 0 aliphatic heterocycles. The number of rotatable bonds is 4. The van der Waals surface area contributed by atoms with Crippen molar-refractivity contribution in [3.05, 3.63) is 49.8 Å². The van der Waals surface area contributed by atoms with Crippen LogP contribution in [0.1, 0.15) is 45.0 Å². The zero-order chi connectivity index (χ0) is 18.7. The number of thiophene rings is 1. The SMILES string of the molecule is Cc1c(C(=O)OC(C)C)sc(NC(=O)c2cc(Cl)ccc2Cl)c1C#N. The summed E-state index contributed by atoms with van der Waals surface area (Å²) in [6, 6.07) is 6.51. The second-order valence-electron chi connectivity index (χ2n) is 5.40. The third-order valence-corrected chi connectivity index (χ3v) is 4.94. The molecule has 0 aliphatic carbocycles. The topological polar surface area (TPSA) is 79.2 Å². The Morgan fingerprint density at radius 3 is 2.60 bits per heavy atom. The standard InChI is InChI=1S/C17H14Cl2N2O3S/c1-8(2)24-17(23)14-9(3)12(7-20)16(25-14)21-15(22)11-6-10(18)4-5-13(11)19/h4-6,8H,1-3H3,(H,21,22). The van der Waals surface area contributed by atoms with Gasteiger partial charge in [-0.2, -0.15) is 5.26 Å². The lowest BCUT2D eigenvalue weighted by atomic mass is 10.1. The van der Waals surface area contributed by atoms with Crippen LogP contribution in [0.4, 0.5) is 5.00 Å². The maximum atomic E-state index is 12.5. The van der Waals surface area contributed by atoms with E-state index in [1.807, 2.05) is 6.07 Å². The molecule has 1 aromatic carbocycles. The number of ether oxygens (including phenoxy) is 1. The summed E-state index contributed by atoms with van der Waals surface area (Å²) in [5, 5.41) is 12.8. The van der Waals surface area contributed by atoms with E-state index in [4.69, 9.17) is 27.9 Å². The number of benzene rings is 1. The summed E-state index contributed by atoms with van der Waals surface area (Å²) < 4.78 is 5.17. The Kier molecular flexibility index (Phi) is 6.07. The first-order chi connectivity index (χ1) is 11.7. The summed E-state index contributed by atoms with van der Waals surface area (Å²) in [7, 11) is 0. The molecule has 1 N–H and O–H groups in total. The fourth-order valence-corrected chi connectivity index (χ4v) is 3.45. The highest BCUT2D eigenvalue weighted by Gasteiger charge is 2.23. The molecule has 130 valence electrons. The number of nitriles is 1. The normalized spacial score (nSPS) is 10.4.